The lowest BCUT2D eigenvalue weighted by atomic mass is 10.2. The largest absolute Gasteiger partial charge is 0.355 e. The minimum absolute atomic E-state index is 0.487. The van der Waals surface area contributed by atoms with E-state index < -0.39 is 0 Å². The highest BCUT2D eigenvalue weighted by atomic mass is 79.9. The zero-order valence-corrected chi connectivity index (χ0v) is 11.9. The van der Waals surface area contributed by atoms with Crippen LogP contribution in [0, 0.1) is 0 Å². The van der Waals surface area contributed by atoms with Crippen LogP contribution >= 0.6 is 15.9 Å². The lowest BCUT2D eigenvalue weighted by molar-refractivity contribution is 0.875. The molecule has 0 bridgehead atoms. The molecule has 18 heavy (non-hydrogen) atoms. The number of halogens is 1. The SMILES string of the molecule is CN(Cc1ccccc1)c1ncc(Br)cc1CN. The predicted octanol–water partition coefficient (Wildman–Crippen LogP) is 2.94. The summed E-state index contributed by atoms with van der Waals surface area (Å²) in [6.07, 6.45) is 1.80. The standard InChI is InChI=1S/C14H16BrN3/c1-18(10-11-5-3-2-4-6-11)14-12(8-16)7-13(15)9-17-14/h2-7,9H,8,10,16H2,1H3. The molecule has 0 amide bonds. The Bertz CT molecular complexity index is 514. The van der Waals surface area contributed by atoms with Crippen molar-refractivity contribution in [3.63, 3.8) is 0 Å². The van der Waals surface area contributed by atoms with Gasteiger partial charge in [0.05, 0.1) is 0 Å². The summed E-state index contributed by atoms with van der Waals surface area (Å²) in [6.45, 7) is 1.31. The molecule has 4 heteroatoms. The molecule has 0 aliphatic heterocycles. The van der Waals surface area contributed by atoms with Gasteiger partial charge in [-0.2, -0.15) is 0 Å². The van der Waals surface area contributed by atoms with Gasteiger partial charge in [0, 0.05) is 36.4 Å². The van der Waals surface area contributed by atoms with Gasteiger partial charge in [-0.25, -0.2) is 4.98 Å². The van der Waals surface area contributed by atoms with Gasteiger partial charge in [0.2, 0.25) is 0 Å². The third-order valence-electron chi connectivity index (χ3n) is 2.75. The number of anilines is 1. The van der Waals surface area contributed by atoms with Crippen LogP contribution in [-0.4, -0.2) is 12.0 Å². The van der Waals surface area contributed by atoms with Crippen LogP contribution in [-0.2, 0) is 13.1 Å². The summed E-state index contributed by atoms with van der Waals surface area (Å²) in [7, 11) is 2.03. The monoisotopic (exact) mass is 305 g/mol. The Morgan fingerprint density at radius 1 is 1.28 bits per heavy atom. The van der Waals surface area contributed by atoms with Crippen molar-refractivity contribution in [1.82, 2.24) is 4.98 Å². The second kappa shape index (κ2) is 5.98. The number of pyridine rings is 1. The maximum atomic E-state index is 5.76. The molecule has 0 aliphatic carbocycles. The predicted molar refractivity (Wildman–Crippen MR) is 78.4 cm³/mol. The number of nitrogens with zero attached hydrogens (tertiary/aromatic N) is 2. The molecule has 0 spiro atoms. The highest BCUT2D eigenvalue weighted by Gasteiger charge is 2.09. The van der Waals surface area contributed by atoms with E-state index in [1.807, 2.05) is 31.3 Å². The smallest absolute Gasteiger partial charge is 0.133 e. The summed E-state index contributed by atoms with van der Waals surface area (Å²) in [5.41, 5.74) is 8.06. The van der Waals surface area contributed by atoms with Gasteiger partial charge in [-0.05, 0) is 27.6 Å². The van der Waals surface area contributed by atoms with Crippen molar-refractivity contribution in [3.05, 3.63) is 58.2 Å². The van der Waals surface area contributed by atoms with E-state index in [9.17, 15) is 0 Å². The van der Waals surface area contributed by atoms with Gasteiger partial charge in [0.1, 0.15) is 5.82 Å². The zero-order valence-electron chi connectivity index (χ0n) is 10.3. The molecule has 1 heterocycles. The second-order valence-corrected chi connectivity index (χ2v) is 5.10. The lowest BCUT2D eigenvalue weighted by Crippen LogP contribution is -2.20. The van der Waals surface area contributed by atoms with Crippen LogP contribution in [0.2, 0.25) is 0 Å². The van der Waals surface area contributed by atoms with E-state index in [4.69, 9.17) is 5.73 Å². The fourth-order valence-corrected chi connectivity index (χ4v) is 2.28. The Hall–Kier alpha value is -1.39. The number of nitrogens with two attached hydrogens (primary N) is 1. The molecule has 0 saturated carbocycles. The molecule has 0 saturated heterocycles. The van der Waals surface area contributed by atoms with Gasteiger partial charge < -0.3 is 10.6 Å². The van der Waals surface area contributed by atoms with Crippen molar-refractivity contribution in [1.29, 1.82) is 0 Å². The molecule has 2 N–H and O–H groups in total. The van der Waals surface area contributed by atoms with Crippen molar-refractivity contribution >= 4 is 21.7 Å². The van der Waals surface area contributed by atoms with Crippen molar-refractivity contribution < 1.29 is 0 Å². The number of benzene rings is 1. The summed E-state index contributed by atoms with van der Waals surface area (Å²) in [6, 6.07) is 12.3. The Kier molecular flexibility index (Phi) is 4.33. The Labute approximate surface area is 116 Å². The molecule has 0 radical (unpaired) electrons. The molecule has 1 aromatic carbocycles. The molecule has 0 aliphatic rings. The summed E-state index contributed by atoms with van der Waals surface area (Å²) in [5.74, 6) is 0.935. The molecule has 0 atom stereocenters. The van der Waals surface area contributed by atoms with Crippen molar-refractivity contribution in [2.75, 3.05) is 11.9 Å². The van der Waals surface area contributed by atoms with E-state index in [2.05, 4.69) is 37.9 Å². The van der Waals surface area contributed by atoms with Crippen LogP contribution in [0.1, 0.15) is 11.1 Å². The number of hydrogen-bond acceptors (Lipinski definition) is 3. The molecule has 94 valence electrons. The van der Waals surface area contributed by atoms with E-state index in [-0.39, 0.29) is 0 Å². The van der Waals surface area contributed by atoms with Crippen LogP contribution in [0.3, 0.4) is 0 Å². The summed E-state index contributed by atoms with van der Waals surface area (Å²) < 4.78 is 0.958. The average Bonchev–Trinajstić information content (AvgIpc) is 2.39. The van der Waals surface area contributed by atoms with Crippen LogP contribution in [0.4, 0.5) is 5.82 Å². The van der Waals surface area contributed by atoms with Gasteiger partial charge in [0.25, 0.3) is 0 Å². The number of hydrogen-bond donors (Lipinski definition) is 1. The van der Waals surface area contributed by atoms with Gasteiger partial charge in [0.15, 0.2) is 0 Å². The maximum Gasteiger partial charge on any atom is 0.133 e. The van der Waals surface area contributed by atoms with Gasteiger partial charge in [-0.15, -0.1) is 0 Å². The Morgan fingerprint density at radius 2 is 2.00 bits per heavy atom. The van der Waals surface area contributed by atoms with Gasteiger partial charge in [-0.1, -0.05) is 30.3 Å². The average molecular weight is 306 g/mol. The fraction of sp³-hybridized carbons (Fsp3) is 0.214. The highest BCUT2D eigenvalue weighted by Crippen LogP contribution is 2.21. The minimum Gasteiger partial charge on any atom is -0.355 e. The quantitative estimate of drug-likeness (QED) is 0.944. The Balaban J connectivity index is 2.21. The van der Waals surface area contributed by atoms with E-state index in [0.29, 0.717) is 6.54 Å². The van der Waals surface area contributed by atoms with E-state index in [0.717, 1.165) is 22.4 Å². The summed E-state index contributed by atoms with van der Waals surface area (Å²) >= 11 is 3.42. The number of rotatable bonds is 4. The molecule has 2 aromatic rings. The maximum absolute atomic E-state index is 5.76. The second-order valence-electron chi connectivity index (χ2n) is 4.18. The van der Waals surface area contributed by atoms with Crippen molar-refractivity contribution in [2.24, 2.45) is 5.73 Å². The van der Waals surface area contributed by atoms with E-state index >= 15 is 0 Å². The number of aromatic nitrogens is 1. The summed E-state index contributed by atoms with van der Waals surface area (Å²) in [5, 5.41) is 0. The zero-order chi connectivity index (χ0) is 13.0. The first kappa shape index (κ1) is 13.1. The van der Waals surface area contributed by atoms with Crippen molar-refractivity contribution in [2.45, 2.75) is 13.1 Å². The first-order valence-corrected chi connectivity index (χ1v) is 6.59. The third-order valence-corrected chi connectivity index (χ3v) is 3.19. The van der Waals surface area contributed by atoms with Crippen LogP contribution in [0.5, 0.6) is 0 Å². The first-order valence-electron chi connectivity index (χ1n) is 5.80. The topological polar surface area (TPSA) is 42.2 Å². The normalized spacial score (nSPS) is 10.4. The van der Waals surface area contributed by atoms with Crippen LogP contribution in [0.25, 0.3) is 0 Å². The molecule has 2 rings (SSSR count). The third kappa shape index (κ3) is 3.09. The Morgan fingerprint density at radius 3 is 2.67 bits per heavy atom. The minimum atomic E-state index is 0.487. The lowest BCUT2D eigenvalue weighted by Gasteiger charge is -2.21. The van der Waals surface area contributed by atoms with Gasteiger partial charge >= 0.3 is 0 Å². The molecule has 1 aromatic heterocycles. The fourth-order valence-electron chi connectivity index (χ4n) is 1.90. The molecule has 0 unspecified atom stereocenters. The molecule has 3 nitrogen and oxygen atoms in total. The molecular weight excluding hydrogens is 290 g/mol. The van der Waals surface area contributed by atoms with Crippen LogP contribution < -0.4 is 10.6 Å². The van der Waals surface area contributed by atoms with E-state index in [1.54, 1.807) is 6.20 Å². The van der Waals surface area contributed by atoms with Gasteiger partial charge in [-0.3, -0.25) is 0 Å². The molecule has 0 fully saturated rings. The highest BCUT2D eigenvalue weighted by molar-refractivity contribution is 9.10. The van der Waals surface area contributed by atoms with Crippen molar-refractivity contribution in [3.8, 4) is 0 Å². The van der Waals surface area contributed by atoms with Crippen LogP contribution in [0.15, 0.2) is 47.1 Å². The van der Waals surface area contributed by atoms with E-state index in [1.165, 1.54) is 5.56 Å². The molecular formula is C14H16BrN3. The first-order chi connectivity index (χ1) is 8.70. The summed E-state index contributed by atoms with van der Waals surface area (Å²) in [4.78, 5) is 6.56.